The zero-order valence-corrected chi connectivity index (χ0v) is 12.8. The third-order valence-electron chi connectivity index (χ3n) is 3.47. The van der Waals surface area contributed by atoms with Crippen molar-refractivity contribution in [1.82, 2.24) is 0 Å². The first-order valence-electron chi connectivity index (χ1n) is 7.19. The largest absolute Gasteiger partial charge is 0.494 e. The number of aldehydes is 1. The molecule has 0 aromatic heterocycles. The van der Waals surface area contributed by atoms with Gasteiger partial charge in [0.25, 0.3) is 0 Å². The topological polar surface area (TPSA) is 53.3 Å². The fraction of sp³-hybridized carbons (Fsp3) is 0.222. The minimum Gasteiger partial charge on any atom is -0.494 e. The number of carbonyl (C=O) groups is 1. The summed E-state index contributed by atoms with van der Waals surface area (Å²) in [6, 6.07) is 14.0. The van der Waals surface area contributed by atoms with Crippen LogP contribution in [0.25, 0.3) is 0 Å². The van der Waals surface area contributed by atoms with Gasteiger partial charge in [-0.05, 0) is 42.0 Å². The number of nitrogens with zero attached hydrogens (tertiary/aromatic N) is 2. The van der Waals surface area contributed by atoms with Crippen LogP contribution in [0.3, 0.4) is 0 Å². The van der Waals surface area contributed by atoms with Crippen molar-refractivity contribution in [3.63, 3.8) is 0 Å². The summed E-state index contributed by atoms with van der Waals surface area (Å²) in [4.78, 5) is 12.7. The van der Waals surface area contributed by atoms with Crippen molar-refractivity contribution in [3.8, 4) is 11.8 Å². The molecule has 5 heteroatoms. The molecule has 0 N–H and O–H groups in total. The Morgan fingerprint density at radius 3 is 2.57 bits per heavy atom. The second-order valence-corrected chi connectivity index (χ2v) is 5.00. The highest BCUT2D eigenvalue weighted by Crippen LogP contribution is 2.22. The summed E-state index contributed by atoms with van der Waals surface area (Å²) >= 11 is 0. The van der Waals surface area contributed by atoms with E-state index in [-0.39, 0.29) is 5.75 Å². The number of ether oxygens (including phenoxy) is 1. The number of halogens is 1. The fourth-order valence-electron chi connectivity index (χ4n) is 2.28. The number of carbonyl (C=O) groups excluding carboxylic acids is 1. The van der Waals surface area contributed by atoms with Gasteiger partial charge >= 0.3 is 0 Å². The van der Waals surface area contributed by atoms with Crippen LogP contribution in [0.5, 0.6) is 5.75 Å². The predicted molar refractivity (Wildman–Crippen MR) is 85.8 cm³/mol. The van der Waals surface area contributed by atoms with Crippen molar-refractivity contribution < 1.29 is 13.9 Å². The van der Waals surface area contributed by atoms with Gasteiger partial charge in [-0.1, -0.05) is 6.07 Å². The van der Waals surface area contributed by atoms with E-state index < -0.39 is 5.82 Å². The Balaban J connectivity index is 2.22. The third-order valence-corrected chi connectivity index (χ3v) is 3.47. The third kappa shape index (κ3) is 4.30. The zero-order chi connectivity index (χ0) is 16.7. The molecule has 0 atom stereocenters. The SMILES string of the molecule is COc1ccc(CN(CCC=O)c2ccc(C#N)cc2)cc1F. The quantitative estimate of drug-likeness (QED) is 0.736. The van der Waals surface area contributed by atoms with Crippen LogP contribution in [0.15, 0.2) is 42.5 Å². The minimum atomic E-state index is -0.417. The summed E-state index contributed by atoms with van der Waals surface area (Å²) in [5.74, 6) is -0.216. The maximum absolute atomic E-state index is 13.8. The van der Waals surface area contributed by atoms with E-state index >= 15 is 0 Å². The van der Waals surface area contributed by atoms with Gasteiger partial charge in [0.15, 0.2) is 11.6 Å². The van der Waals surface area contributed by atoms with Gasteiger partial charge < -0.3 is 14.4 Å². The Hall–Kier alpha value is -2.87. The molecule has 0 aliphatic rings. The number of anilines is 1. The summed E-state index contributed by atoms with van der Waals surface area (Å²) < 4.78 is 18.7. The zero-order valence-electron chi connectivity index (χ0n) is 12.8. The van der Waals surface area contributed by atoms with Crippen molar-refractivity contribution in [2.45, 2.75) is 13.0 Å². The molecule has 0 saturated heterocycles. The molecule has 0 aliphatic heterocycles. The van der Waals surface area contributed by atoms with Gasteiger partial charge in [0, 0.05) is 25.2 Å². The van der Waals surface area contributed by atoms with E-state index in [1.807, 2.05) is 17.0 Å². The lowest BCUT2D eigenvalue weighted by molar-refractivity contribution is -0.107. The standard InChI is InChI=1S/C18H17FN2O2/c1-23-18-8-5-15(11-17(18)19)13-21(9-2-10-22)16-6-3-14(12-20)4-7-16/h3-8,10-11H,2,9,13H2,1H3. The normalized spacial score (nSPS) is 9.96. The maximum atomic E-state index is 13.8. The predicted octanol–water partition coefficient (Wildman–Crippen LogP) is 3.30. The number of hydrogen-bond donors (Lipinski definition) is 0. The number of hydrogen-bond acceptors (Lipinski definition) is 4. The van der Waals surface area contributed by atoms with E-state index in [2.05, 4.69) is 6.07 Å². The van der Waals surface area contributed by atoms with Gasteiger partial charge in [-0.2, -0.15) is 5.26 Å². The van der Waals surface area contributed by atoms with Crippen LogP contribution in [0.4, 0.5) is 10.1 Å². The summed E-state index contributed by atoms with van der Waals surface area (Å²) in [6.45, 7) is 0.976. The van der Waals surface area contributed by atoms with Gasteiger partial charge in [0.05, 0.1) is 18.7 Å². The first kappa shape index (κ1) is 16.5. The Kier molecular flexibility index (Phi) is 5.70. The van der Waals surface area contributed by atoms with Gasteiger partial charge in [0.2, 0.25) is 0 Å². The minimum absolute atomic E-state index is 0.201. The van der Waals surface area contributed by atoms with E-state index in [0.717, 1.165) is 17.5 Å². The molecular weight excluding hydrogens is 295 g/mol. The summed E-state index contributed by atoms with van der Waals surface area (Å²) in [7, 11) is 1.42. The molecule has 0 amide bonds. The van der Waals surface area contributed by atoms with Gasteiger partial charge in [0.1, 0.15) is 6.29 Å². The molecule has 0 fully saturated rings. The van der Waals surface area contributed by atoms with Crippen LogP contribution >= 0.6 is 0 Å². The highest BCUT2D eigenvalue weighted by atomic mass is 19.1. The van der Waals surface area contributed by atoms with Crippen molar-refractivity contribution in [3.05, 3.63) is 59.4 Å². The van der Waals surface area contributed by atoms with Gasteiger partial charge in [-0.3, -0.25) is 0 Å². The van der Waals surface area contributed by atoms with Crippen molar-refractivity contribution in [1.29, 1.82) is 5.26 Å². The molecule has 0 spiro atoms. The first-order valence-corrected chi connectivity index (χ1v) is 7.19. The summed E-state index contributed by atoms with van der Waals surface area (Å²) in [5, 5.41) is 8.86. The molecule has 23 heavy (non-hydrogen) atoms. The van der Waals surface area contributed by atoms with E-state index in [0.29, 0.717) is 25.1 Å². The maximum Gasteiger partial charge on any atom is 0.165 e. The summed E-state index contributed by atoms with van der Waals surface area (Å²) in [5.41, 5.74) is 2.22. The van der Waals surface area contributed by atoms with Crippen LogP contribution in [0, 0.1) is 17.1 Å². The Morgan fingerprint density at radius 1 is 1.26 bits per heavy atom. The molecule has 2 aromatic rings. The molecule has 118 valence electrons. The Labute approximate surface area is 134 Å². The van der Waals surface area contributed by atoms with Crippen molar-refractivity contribution in [2.75, 3.05) is 18.6 Å². The number of methoxy groups -OCH3 is 1. The lowest BCUT2D eigenvalue weighted by atomic mass is 10.1. The lowest BCUT2D eigenvalue weighted by Crippen LogP contribution is -2.24. The van der Waals surface area contributed by atoms with E-state index in [9.17, 15) is 9.18 Å². The van der Waals surface area contributed by atoms with Crippen LogP contribution in [0.1, 0.15) is 17.5 Å². The van der Waals surface area contributed by atoms with E-state index in [1.165, 1.54) is 13.2 Å². The molecular formula is C18H17FN2O2. The molecule has 0 saturated carbocycles. The second kappa shape index (κ2) is 7.95. The average Bonchev–Trinajstić information content (AvgIpc) is 2.59. The molecule has 0 aliphatic carbocycles. The molecule has 0 heterocycles. The number of benzene rings is 2. The fourth-order valence-corrected chi connectivity index (χ4v) is 2.28. The molecule has 0 radical (unpaired) electrons. The lowest BCUT2D eigenvalue weighted by Gasteiger charge is -2.24. The van der Waals surface area contributed by atoms with Crippen molar-refractivity contribution >= 4 is 12.0 Å². The number of rotatable bonds is 7. The van der Waals surface area contributed by atoms with Crippen LogP contribution in [-0.2, 0) is 11.3 Å². The molecule has 2 rings (SSSR count). The monoisotopic (exact) mass is 312 g/mol. The van der Waals surface area contributed by atoms with Crippen LogP contribution < -0.4 is 9.64 Å². The van der Waals surface area contributed by atoms with Crippen LogP contribution in [0.2, 0.25) is 0 Å². The molecule has 2 aromatic carbocycles. The molecule has 0 unspecified atom stereocenters. The molecule has 4 nitrogen and oxygen atoms in total. The van der Waals surface area contributed by atoms with E-state index in [1.54, 1.807) is 24.3 Å². The van der Waals surface area contributed by atoms with Gasteiger partial charge in [-0.25, -0.2) is 4.39 Å². The van der Waals surface area contributed by atoms with Crippen molar-refractivity contribution in [2.24, 2.45) is 0 Å². The highest BCUT2D eigenvalue weighted by Gasteiger charge is 2.10. The number of nitriles is 1. The Morgan fingerprint density at radius 2 is 2.00 bits per heavy atom. The highest BCUT2D eigenvalue weighted by molar-refractivity contribution is 5.54. The smallest absolute Gasteiger partial charge is 0.165 e. The summed E-state index contributed by atoms with van der Waals surface area (Å²) in [6.07, 6.45) is 1.23. The second-order valence-electron chi connectivity index (χ2n) is 5.00. The first-order chi connectivity index (χ1) is 11.2. The Bertz CT molecular complexity index is 708. The van der Waals surface area contributed by atoms with E-state index in [4.69, 9.17) is 10.00 Å². The molecule has 0 bridgehead atoms. The van der Waals surface area contributed by atoms with Crippen LogP contribution in [-0.4, -0.2) is 19.9 Å². The van der Waals surface area contributed by atoms with Gasteiger partial charge in [-0.15, -0.1) is 0 Å². The average molecular weight is 312 g/mol.